The maximum atomic E-state index is 12.0. The summed E-state index contributed by atoms with van der Waals surface area (Å²) in [6, 6.07) is 10.00. The summed E-state index contributed by atoms with van der Waals surface area (Å²) in [4.78, 5) is 11.9. The third-order valence-corrected chi connectivity index (χ3v) is 4.24. The molecular weight excluding hydrogens is 278 g/mol. The fourth-order valence-electron chi connectivity index (χ4n) is 1.61. The number of nitrogens with one attached hydrogen (secondary N) is 1. The summed E-state index contributed by atoms with van der Waals surface area (Å²) in [6.07, 6.45) is 0. The van der Waals surface area contributed by atoms with Gasteiger partial charge in [-0.2, -0.15) is 0 Å². The summed E-state index contributed by atoms with van der Waals surface area (Å²) in [6.45, 7) is 8.07. The van der Waals surface area contributed by atoms with Gasteiger partial charge in [0.1, 0.15) is 0 Å². The van der Waals surface area contributed by atoms with Crippen molar-refractivity contribution >= 4 is 21.8 Å². The van der Waals surface area contributed by atoms with Gasteiger partial charge < -0.3 is 5.32 Å². The molecule has 0 saturated carbocycles. The maximum Gasteiger partial charge on any atom is 0.234 e. The number of halogens is 1. The second-order valence-electron chi connectivity index (χ2n) is 5.13. The van der Waals surface area contributed by atoms with E-state index in [2.05, 4.69) is 21.2 Å². The van der Waals surface area contributed by atoms with E-state index >= 15 is 0 Å². The van der Waals surface area contributed by atoms with E-state index < -0.39 is 0 Å². The van der Waals surface area contributed by atoms with Gasteiger partial charge in [-0.25, -0.2) is 0 Å². The Bertz CT molecular complexity index is 373. The predicted octanol–water partition coefficient (Wildman–Crippen LogP) is 3.46. The first-order valence-corrected chi connectivity index (χ1v) is 6.78. The Labute approximate surface area is 112 Å². The molecule has 1 N–H and O–H groups in total. The molecule has 0 radical (unpaired) electrons. The van der Waals surface area contributed by atoms with E-state index in [0.29, 0.717) is 0 Å². The summed E-state index contributed by atoms with van der Waals surface area (Å²) in [5.74, 6) is 0.315. The molecule has 1 aromatic rings. The SMILES string of the molecule is CC(C)C(Br)C(=O)NC(C)(C)c1ccccc1. The highest BCUT2D eigenvalue weighted by Crippen LogP contribution is 2.21. The molecule has 0 aliphatic heterocycles. The van der Waals surface area contributed by atoms with Gasteiger partial charge in [0.2, 0.25) is 5.91 Å². The molecule has 0 spiro atoms. The maximum absolute atomic E-state index is 12.0. The molecule has 1 aromatic carbocycles. The first-order chi connectivity index (χ1) is 7.84. The van der Waals surface area contributed by atoms with Gasteiger partial charge in [0.05, 0.1) is 10.4 Å². The lowest BCUT2D eigenvalue weighted by Gasteiger charge is -2.29. The first-order valence-electron chi connectivity index (χ1n) is 5.86. The molecule has 1 atom stereocenters. The Morgan fingerprint density at radius 2 is 1.76 bits per heavy atom. The topological polar surface area (TPSA) is 29.1 Å². The molecule has 0 aromatic heterocycles. The van der Waals surface area contributed by atoms with E-state index in [4.69, 9.17) is 0 Å². The first kappa shape index (κ1) is 14.2. The molecular formula is C14H20BrNO. The molecule has 17 heavy (non-hydrogen) atoms. The van der Waals surface area contributed by atoms with Gasteiger partial charge in [0, 0.05) is 0 Å². The van der Waals surface area contributed by atoms with Crippen molar-refractivity contribution in [2.45, 2.75) is 38.1 Å². The molecule has 0 aliphatic rings. The fraction of sp³-hybridized carbons (Fsp3) is 0.500. The number of amides is 1. The van der Waals surface area contributed by atoms with Gasteiger partial charge in [-0.05, 0) is 25.3 Å². The molecule has 2 nitrogen and oxygen atoms in total. The van der Waals surface area contributed by atoms with E-state index in [1.807, 2.05) is 58.0 Å². The van der Waals surface area contributed by atoms with E-state index in [1.54, 1.807) is 0 Å². The van der Waals surface area contributed by atoms with Crippen molar-refractivity contribution in [1.29, 1.82) is 0 Å². The highest BCUT2D eigenvalue weighted by molar-refractivity contribution is 9.10. The molecule has 1 unspecified atom stereocenters. The van der Waals surface area contributed by atoms with Gasteiger partial charge in [0.25, 0.3) is 0 Å². The second kappa shape index (κ2) is 5.67. The van der Waals surface area contributed by atoms with Crippen LogP contribution in [-0.4, -0.2) is 10.7 Å². The Balaban J connectivity index is 2.77. The van der Waals surface area contributed by atoms with Crippen molar-refractivity contribution < 1.29 is 4.79 Å². The summed E-state index contributed by atoms with van der Waals surface area (Å²) in [7, 11) is 0. The van der Waals surface area contributed by atoms with Crippen LogP contribution in [0.2, 0.25) is 0 Å². The summed E-state index contributed by atoms with van der Waals surface area (Å²) in [5, 5.41) is 3.07. The Hall–Kier alpha value is -0.830. The second-order valence-corrected chi connectivity index (χ2v) is 6.11. The van der Waals surface area contributed by atoms with E-state index in [0.717, 1.165) is 5.56 Å². The average Bonchev–Trinajstić information content (AvgIpc) is 2.28. The number of carbonyl (C=O) groups excluding carboxylic acids is 1. The van der Waals surface area contributed by atoms with Gasteiger partial charge in [-0.15, -0.1) is 0 Å². The number of rotatable bonds is 4. The van der Waals surface area contributed by atoms with Crippen molar-refractivity contribution in [2.75, 3.05) is 0 Å². The third kappa shape index (κ3) is 3.84. The van der Waals surface area contributed by atoms with Crippen LogP contribution in [0.3, 0.4) is 0 Å². The standard InChI is InChI=1S/C14H20BrNO/c1-10(2)12(15)13(17)16-14(3,4)11-8-6-5-7-9-11/h5-10,12H,1-4H3,(H,16,17). The zero-order valence-corrected chi connectivity index (χ0v) is 12.4. The fourth-order valence-corrected chi connectivity index (χ4v) is 1.72. The minimum Gasteiger partial charge on any atom is -0.346 e. The number of hydrogen-bond acceptors (Lipinski definition) is 1. The number of hydrogen-bond donors (Lipinski definition) is 1. The minimum atomic E-state index is -0.348. The molecule has 1 amide bonds. The molecule has 0 saturated heterocycles. The Morgan fingerprint density at radius 3 is 2.24 bits per heavy atom. The van der Waals surface area contributed by atoms with Gasteiger partial charge in [-0.3, -0.25) is 4.79 Å². The molecule has 1 rings (SSSR count). The zero-order valence-electron chi connectivity index (χ0n) is 10.8. The van der Waals surface area contributed by atoms with Crippen molar-refractivity contribution in [3.63, 3.8) is 0 Å². The summed E-state index contributed by atoms with van der Waals surface area (Å²) in [5.41, 5.74) is 0.760. The van der Waals surface area contributed by atoms with E-state index in [1.165, 1.54) is 0 Å². The quantitative estimate of drug-likeness (QED) is 0.847. The highest BCUT2D eigenvalue weighted by Gasteiger charge is 2.27. The smallest absolute Gasteiger partial charge is 0.234 e. The van der Waals surface area contributed by atoms with Crippen LogP contribution in [0.5, 0.6) is 0 Å². The van der Waals surface area contributed by atoms with Crippen LogP contribution in [-0.2, 0) is 10.3 Å². The van der Waals surface area contributed by atoms with Crippen molar-refractivity contribution in [2.24, 2.45) is 5.92 Å². The van der Waals surface area contributed by atoms with E-state index in [9.17, 15) is 4.79 Å². The number of carbonyl (C=O) groups is 1. The molecule has 0 fully saturated rings. The largest absolute Gasteiger partial charge is 0.346 e. The van der Waals surface area contributed by atoms with Crippen LogP contribution in [0.4, 0.5) is 0 Å². The van der Waals surface area contributed by atoms with Crippen LogP contribution in [0, 0.1) is 5.92 Å². The highest BCUT2D eigenvalue weighted by atomic mass is 79.9. The lowest BCUT2D eigenvalue weighted by molar-refractivity contribution is -0.122. The normalized spacial score (nSPS) is 13.5. The third-order valence-electron chi connectivity index (χ3n) is 2.77. The Morgan fingerprint density at radius 1 is 1.24 bits per heavy atom. The molecule has 94 valence electrons. The van der Waals surface area contributed by atoms with Crippen LogP contribution in [0.25, 0.3) is 0 Å². The lowest BCUT2D eigenvalue weighted by atomic mass is 9.94. The Kier molecular flexibility index (Phi) is 4.75. The molecule has 0 heterocycles. The average molecular weight is 298 g/mol. The minimum absolute atomic E-state index is 0.0360. The molecule has 3 heteroatoms. The summed E-state index contributed by atoms with van der Waals surface area (Å²) >= 11 is 3.42. The zero-order chi connectivity index (χ0) is 13.1. The van der Waals surface area contributed by atoms with Crippen LogP contribution >= 0.6 is 15.9 Å². The van der Waals surface area contributed by atoms with Crippen LogP contribution in [0.15, 0.2) is 30.3 Å². The number of benzene rings is 1. The van der Waals surface area contributed by atoms with Crippen LogP contribution < -0.4 is 5.32 Å². The summed E-state index contributed by atoms with van der Waals surface area (Å²) < 4.78 is 0. The van der Waals surface area contributed by atoms with Crippen molar-refractivity contribution in [3.05, 3.63) is 35.9 Å². The van der Waals surface area contributed by atoms with Gasteiger partial charge in [0.15, 0.2) is 0 Å². The predicted molar refractivity (Wildman–Crippen MR) is 75.2 cm³/mol. The molecule has 0 bridgehead atoms. The van der Waals surface area contributed by atoms with E-state index in [-0.39, 0.29) is 22.2 Å². The lowest BCUT2D eigenvalue weighted by Crippen LogP contribution is -2.45. The van der Waals surface area contributed by atoms with Gasteiger partial charge >= 0.3 is 0 Å². The monoisotopic (exact) mass is 297 g/mol. The van der Waals surface area contributed by atoms with Gasteiger partial charge in [-0.1, -0.05) is 60.1 Å². The molecule has 0 aliphatic carbocycles. The van der Waals surface area contributed by atoms with Crippen molar-refractivity contribution in [3.8, 4) is 0 Å². The van der Waals surface area contributed by atoms with Crippen LogP contribution in [0.1, 0.15) is 33.3 Å². The number of alkyl halides is 1. The van der Waals surface area contributed by atoms with Crippen molar-refractivity contribution in [1.82, 2.24) is 5.32 Å².